The third-order valence-corrected chi connectivity index (χ3v) is 2.43. The van der Waals surface area contributed by atoms with E-state index in [4.69, 9.17) is 9.84 Å². The Morgan fingerprint density at radius 3 is 2.72 bits per heavy atom. The van der Waals surface area contributed by atoms with E-state index in [1.807, 2.05) is 0 Å². The molecular weight excluding hydrogens is 234 g/mol. The van der Waals surface area contributed by atoms with Crippen LogP contribution in [-0.4, -0.2) is 30.7 Å². The molecule has 18 heavy (non-hydrogen) atoms. The Morgan fingerprint density at radius 1 is 1.39 bits per heavy atom. The molecule has 1 aromatic carbocycles. The van der Waals surface area contributed by atoms with Gasteiger partial charge < -0.3 is 15.2 Å². The summed E-state index contributed by atoms with van der Waals surface area (Å²) in [6.45, 7) is 2.31. The van der Waals surface area contributed by atoms with Crippen molar-refractivity contribution in [2.45, 2.75) is 19.8 Å². The molecule has 5 nitrogen and oxygen atoms in total. The summed E-state index contributed by atoms with van der Waals surface area (Å²) in [6.07, 6.45) is 0.914. The summed E-state index contributed by atoms with van der Waals surface area (Å²) in [5, 5.41) is 11.6. The van der Waals surface area contributed by atoms with E-state index in [-0.39, 0.29) is 11.5 Å². The van der Waals surface area contributed by atoms with Crippen molar-refractivity contribution in [2.24, 2.45) is 0 Å². The number of methoxy groups -OCH3 is 1. The minimum Gasteiger partial charge on any atom is -0.478 e. The van der Waals surface area contributed by atoms with Gasteiger partial charge in [0.05, 0.1) is 11.3 Å². The molecule has 98 valence electrons. The number of carboxylic acid groups (broad SMARTS) is 1. The summed E-state index contributed by atoms with van der Waals surface area (Å²) in [5.74, 6) is -1.26. The third kappa shape index (κ3) is 4.18. The molecule has 0 aliphatic rings. The lowest BCUT2D eigenvalue weighted by Gasteiger charge is -2.09. The molecule has 1 amide bonds. The molecule has 1 aromatic rings. The molecule has 0 heterocycles. The van der Waals surface area contributed by atoms with E-state index in [1.165, 1.54) is 6.07 Å². The molecule has 0 aliphatic heterocycles. The summed E-state index contributed by atoms with van der Waals surface area (Å²) < 4.78 is 4.85. The van der Waals surface area contributed by atoms with Crippen molar-refractivity contribution >= 4 is 17.6 Å². The van der Waals surface area contributed by atoms with Crippen molar-refractivity contribution in [1.29, 1.82) is 0 Å². The van der Waals surface area contributed by atoms with E-state index in [0.717, 1.165) is 5.56 Å². The van der Waals surface area contributed by atoms with Gasteiger partial charge in [0.1, 0.15) is 0 Å². The van der Waals surface area contributed by atoms with Crippen LogP contribution in [0.4, 0.5) is 5.69 Å². The van der Waals surface area contributed by atoms with Crippen molar-refractivity contribution in [3.05, 3.63) is 29.3 Å². The molecule has 0 radical (unpaired) electrons. The Kier molecular flexibility index (Phi) is 5.32. The van der Waals surface area contributed by atoms with Gasteiger partial charge in [-0.3, -0.25) is 4.79 Å². The summed E-state index contributed by atoms with van der Waals surface area (Å²) in [4.78, 5) is 22.6. The zero-order chi connectivity index (χ0) is 13.5. The fourth-order valence-corrected chi connectivity index (χ4v) is 1.53. The zero-order valence-corrected chi connectivity index (χ0v) is 10.5. The Hall–Kier alpha value is -1.88. The van der Waals surface area contributed by atoms with Crippen LogP contribution in [0, 0.1) is 6.92 Å². The van der Waals surface area contributed by atoms with Gasteiger partial charge in [-0.25, -0.2) is 4.79 Å². The summed E-state index contributed by atoms with van der Waals surface area (Å²) in [5.41, 5.74) is 1.27. The molecular formula is C13H17NO4. The summed E-state index contributed by atoms with van der Waals surface area (Å²) in [7, 11) is 1.57. The number of anilines is 1. The van der Waals surface area contributed by atoms with Crippen LogP contribution >= 0.6 is 0 Å². The van der Waals surface area contributed by atoms with Gasteiger partial charge in [0.25, 0.3) is 0 Å². The molecule has 5 heteroatoms. The topological polar surface area (TPSA) is 75.6 Å². The number of nitrogens with one attached hydrogen (secondary N) is 1. The number of hydrogen-bond acceptors (Lipinski definition) is 3. The SMILES string of the molecule is COCCCC(=O)Nc1ccc(C)cc1C(=O)O. The molecule has 0 atom stereocenters. The molecule has 0 aromatic heterocycles. The van der Waals surface area contributed by atoms with Gasteiger partial charge in [-0.2, -0.15) is 0 Å². The second-order valence-electron chi connectivity index (χ2n) is 4.00. The van der Waals surface area contributed by atoms with Gasteiger partial charge in [0.15, 0.2) is 0 Å². The smallest absolute Gasteiger partial charge is 0.337 e. The first kappa shape index (κ1) is 14.2. The second kappa shape index (κ2) is 6.76. The molecule has 0 saturated carbocycles. The predicted molar refractivity (Wildman–Crippen MR) is 67.9 cm³/mol. The molecule has 0 unspecified atom stereocenters. The van der Waals surface area contributed by atoms with Crippen LogP contribution in [0.15, 0.2) is 18.2 Å². The maximum absolute atomic E-state index is 11.6. The number of aromatic carboxylic acids is 1. The van der Waals surface area contributed by atoms with Crippen LogP contribution in [-0.2, 0) is 9.53 Å². The number of hydrogen-bond donors (Lipinski definition) is 2. The van der Waals surface area contributed by atoms with Crippen LogP contribution in [0.5, 0.6) is 0 Å². The summed E-state index contributed by atoms with van der Waals surface area (Å²) in [6, 6.07) is 4.90. The Morgan fingerprint density at radius 2 is 2.11 bits per heavy atom. The lowest BCUT2D eigenvalue weighted by Crippen LogP contribution is -2.15. The molecule has 1 rings (SSSR count). The number of carbonyl (C=O) groups is 2. The van der Waals surface area contributed by atoms with Gasteiger partial charge in [0.2, 0.25) is 5.91 Å². The first-order valence-corrected chi connectivity index (χ1v) is 5.67. The van der Waals surface area contributed by atoms with Crippen LogP contribution in [0.2, 0.25) is 0 Å². The van der Waals surface area contributed by atoms with E-state index in [1.54, 1.807) is 26.2 Å². The maximum Gasteiger partial charge on any atom is 0.337 e. The van der Waals surface area contributed by atoms with E-state index < -0.39 is 5.97 Å². The van der Waals surface area contributed by atoms with Gasteiger partial charge in [-0.05, 0) is 25.5 Å². The average molecular weight is 251 g/mol. The fraction of sp³-hybridized carbons (Fsp3) is 0.385. The van der Waals surface area contributed by atoms with Crippen molar-refractivity contribution in [3.63, 3.8) is 0 Å². The molecule has 0 saturated heterocycles. The van der Waals surface area contributed by atoms with Gasteiger partial charge in [0, 0.05) is 20.1 Å². The standard InChI is InChI=1S/C13H17NO4/c1-9-5-6-11(10(8-9)13(16)17)14-12(15)4-3-7-18-2/h5-6,8H,3-4,7H2,1-2H3,(H,14,15)(H,16,17). The number of benzene rings is 1. The fourth-order valence-electron chi connectivity index (χ4n) is 1.53. The number of carbonyl (C=O) groups excluding carboxylic acids is 1. The number of amides is 1. The van der Waals surface area contributed by atoms with Gasteiger partial charge in [-0.1, -0.05) is 11.6 Å². The molecule has 0 bridgehead atoms. The number of rotatable bonds is 6. The first-order chi connectivity index (χ1) is 8.54. The lowest BCUT2D eigenvalue weighted by molar-refractivity contribution is -0.116. The highest BCUT2D eigenvalue weighted by Gasteiger charge is 2.12. The van der Waals surface area contributed by atoms with E-state index in [2.05, 4.69) is 5.32 Å². The summed E-state index contributed by atoms with van der Waals surface area (Å²) >= 11 is 0. The zero-order valence-electron chi connectivity index (χ0n) is 10.5. The highest BCUT2D eigenvalue weighted by molar-refractivity contribution is 6.00. The third-order valence-electron chi connectivity index (χ3n) is 2.43. The van der Waals surface area contributed by atoms with Crippen molar-refractivity contribution in [2.75, 3.05) is 19.0 Å². The monoisotopic (exact) mass is 251 g/mol. The van der Waals surface area contributed by atoms with E-state index in [9.17, 15) is 9.59 Å². The molecule has 2 N–H and O–H groups in total. The van der Waals surface area contributed by atoms with Gasteiger partial charge in [-0.15, -0.1) is 0 Å². The highest BCUT2D eigenvalue weighted by Crippen LogP contribution is 2.17. The Bertz CT molecular complexity index is 443. The predicted octanol–water partition coefficient (Wildman–Crippen LogP) is 2.06. The minimum absolute atomic E-state index is 0.107. The lowest BCUT2D eigenvalue weighted by atomic mass is 10.1. The number of carboxylic acids is 1. The van der Waals surface area contributed by atoms with E-state index >= 15 is 0 Å². The second-order valence-corrected chi connectivity index (χ2v) is 4.00. The highest BCUT2D eigenvalue weighted by atomic mass is 16.5. The van der Waals surface area contributed by atoms with Crippen LogP contribution in [0.25, 0.3) is 0 Å². The van der Waals surface area contributed by atoms with Crippen molar-refractivity contribution in [1.82, 2.24) is 0 Å². The van der Waals surface area contributed by atoms with Crippen molar-refractivity contribution < 1.29 is 19.4 Å². The minimum atomic E-state index is -1.05. The number of ether oxygens (including phenoxy) is 1. The maximum atomic E-state index is 11.6. The van der Waals surface area contributed by atoms with Crippen LogP contribution in [0.3, 0.4) is 0 Å². The van der Waals surface area contributed by atoms with Crippen LogP contribution in [0.1, 0.15) is 28.8 Å². The molecule has 0 aliphatic carbocycles. The van der Waals surface area contributed by atoms with Gasteiger partial charge >= 0.3 is 5.97 Å². The van der Waals surface area contributed by atoms with E-state index in [0.29, 0.717) is 25.1 Å². The average Bonchev–Trinajstić information content (AvgIpc) is 2.31. The Balaban J connectivity index is 2.72. The van der Waals surface area contributed by atoms with Crippen LogP contribution < -0.4 is 5.32 Å². The van der Waals surface area contributed by atoms with Crippen molar-refractivity contribution in [3.8, 4) is 0 Å². The quantitative estimate of drug-likeness (QED) is 0.759. The Labute approximate surface area is 106 Å². The first-order valence-electron chi connectivity index (χ1n) is 5.67. The molecule has 0 fully saturated rings. The largest absolute Gasteiger partial charge is 0.478 e. The normalized spacial score (nSPS) is 10.1. The molecule has 0 spiro atoms. The number of aryl methyl sites for hydroxylation is 1.